The van der Waals surface area contributed by atoms with Gasteiger partial charge in [-0.15, -0.1) is 0 Å². The number of methoxy groups -OCH3 is 2. The van der Waals surface area contributed by atoms with Crippen LogP contribution in [0.1, 0.15) is 23.6 Å². The molecule has 0 N–H and O–H groups in total. The van der Waals surface area contributed by atoms with Crippen molar-refractivity contribution in [2.45, 2.75) is 12.5 Å². The summed E-state index contributed by atoms with van der Waals surface area (Å²) in [5.74, 6) is 1.34. The lowest BCUT2D eigenvalue weighted by atomic mass is 10.0. The molecule has 0 aromatic heterocycles. The van der Waals surface area contributed by atoms with Crippen molar-refractivity contribution < 1.29 is 13.9 Å². The summed E-state index contributed by atoms with van der Waals surface area (Å²) in [6, 6.07) is 22.3. The second-order valence-electron chi connectivity index (χ2n) is 7.02. The third kappa shape index (κ3) is 4.35. The number of hydrogen-bond donors (Lipinski definition) is 0. The van der Waals surface area contributed by atoms with E-state index >= 15 is 0 Å². The molecule has 0 spiro atoms. The van der Waals surface area contributed by atoms with E-state index in [2.05, 4.69) is 0 Å². The van der Waals surface area contributed by atoms with Gasteiger partial charge in [-0.05, 0) is 59.7 Å². The molecule has 152 valence electrons. The predicted octanol–water partition coefficient (Wildman–Crippen LogP) is 5.86. The number of anilines is 1. The molecule has 1 aliphatic rings. The molecule has 0 bridgehead atoms. The smallest absolute Gasteiger partial charge is 0.125 e. The van der Waals surface area contributed by atoms with Crippen LogP contribution in [0.2, 0.25) is 0 Å². The third-order valence-electron chi connectivity index (χ3n) is 5.09. The number of rotatable bonds is 6. The molecule has 3 aromatic carbocycles. The molecule has 30 heavy (non-hydrogen) atoms. The fourth-order valence-electron chi connectivity index (χ4n) is 3.48. The van der Waals surface area contributed by atoms with Crippen LogP contribution in [0.4, 0.5) is 10.1 Å². The van der Waals surface area contributed by atoms with Crippen LogP contribution in [0.15, 0.2) is 84.0 Å². The average molecular weight is 402 g/mol. The lowest BCUT2D eigenvalue weighted by molar-refractivity contribution is 0.414. The van der Waals surface area contributed by atoms with Crippen molar-refractivity contribution in [2.75, 3.05) is 19.2 Å². The quantitative estimate of drug-likeness (QED) is 0.518. The summed E-state index contributed by atoms with van der Waals surface area (Å²) in [4.78, 5) is 0. The number of halogens is 1. The molecular weight excluding hydrogens is 379 g/mol. The number of hydrogen-bond acceptors (Lipinski definition) is 4. The maximum atomic E-state index is 13.9. The predicted molar refractivity (Wildman–Crippen MR) is 119 cm³/mol. The van der Waals surface area contributed by atoms with E-state index in [1.807, 2.05) is 71.8 Å². The molecule has 0 saturated heterocycles. The summed E-state index contributed by atoms with van der Waals surface area (Å²) >= 11 is 0. The maximum absolute atomic E-state index is 13.9. The van der Waals surface area contributed by atoms with Crippen LogP contribution >= 0.6 is 0 Å². The fourth-order valence-corrected chi connectivity index (χ4v) is 3.48. The first-order valence-corrected chi connectivity index (χ1v) is 9.74. The average Bonchev–Trinajstić information content (AvgIpc) is 3.22. The molecule has 1 atom stereocenters. The molecule has 4 rings (SSSR count). The van der Waals surface area contributed by atoms with Gasteiger partial charge in [0.1, 0.15) is 17.3 Å². The first kappa shape index (κ1) is 19.7. The Balaban J connectivity index is 1.62. The molecule has 0 fully saturated rings. The van der Waals surface area contributed by atoms with Gasteiger partial charge in [0.2, 0.25) is 0 Å². The zero-order chi connectivity index (χ0) is 20.9. The monoisotopic (exact) mass is 402 g/mol. The van der Waals surface area contributed by atoms with Gasteiger partial charge in [-0.25, -0.2) is 4.39 Å². The van der Waals surface area contributed by atoms with Gasteiger partial charge < -0.3 is 9.47 Å². The Labute approximate surface area is 175 Å². The normalized spacial score (nSPS) is 16.0. The van der Waals surface area contributed by atoms with Crippen LogP contribution < -0.4 is 14.5 Å². The first-order chi connectivity index (χ1) is 14.7. The number of benzene rings is 3. The topological polar surface area (TPSA) is 34.1 Å². The van der Waals surface area contributed by atoms with Crippen LogP contribution in [-0.4, -0.2) is 19.9 Å². The number of allylic oxidation sites excluding steroid dienone is 1. The van der Waals surface area contributed by atoms with Gasteiger partial charge in [-0.2, -0.15) is 5.10 Å². The van der Waals surface area contributed by atoms with Gasteiger partial charge in [0.05, 0.1) is 31.7 Å². The Morgan fingerprint density at radius 1 is 0.900 bits per heavy atom. The number of hydrazone groups is 1. The van der Waals surface area contributed by atoms with Crippen LogP contribution in [0.3, 0.4) is 0 Å². The molecule has 4 nitrogen and oxygen atoms in total. The van der Waals surface area contributed by atoms with Crippen LogP contribution in [0.5, 0.6) is 11.5 Å². The van der Waals surface area contributed by atoms with Crippen molar-refractivity contribution in [1.82, 2.24) is 0 Å². The van der Waals surface area contributed by atoms with Crippen molar-refractivity contribution in [2.24, 2.45) is 5.10 Å². The van der Waals surface area contributed by atoms with Gasteiger partial charge in [-0.3, -0.25) is 5.01 Å². The molecule has 3 aromatic rings. The van der Waals surface area contributed by atoms with Gasteiger partial charge in [0, 0.05) is 6.42 Å². The zero-order valence-electron chi connectivity index (χ0n) is 17.0. The van der Waals surface area contributed by atoms with Crippen molar-refractivity contribution in [3.63, 3.8) is 0 Å². The first-order valence-electron chi connectivity index (χ1n) is 9.74. The molecule has 0 unspecified atom stereocenters. The summed E-state index contributed by atoms with van der Waals surface area (Å²) in [6.07, 6.45) is 4.76. The molecular formula is C25H23FN2O2. The van der Waals surface area contributed by atoms with Crippen molar-refractivity contribution in [3.05, 3.63) is 95.8 Å². The largest absolute Gasteiger partial charge is 0.497 e. The van der Waals surface area contributed by atoms with E-state index in [4.69, 9.17) is 14.6 Å². The van der Waals surface area contributed by atoms with Crippen LogP contribution in [-0.2, 0) is 0 Å². The van der Waals surface area contributed by atoms with E-state index in [-0.39, 0.29) is 11.9 Å². The van der Waals surface area contributed by atoms with E-state index in [0.717, 1.165) is 40.4 Å². The molecule has 0 radical (unpaired) electrons. The fraction of sp³-hybridized carbons (Fsp3) is 0.160. The lowest BCUT2D eigenvalue weighted by Gasteiger charge is -2.24. The molecule has 0 saturated carbocycles. The van der Waals surface area contributed by atoms with Gasteiger partial charge in [0.15, 0.2) is 0 Å². The second-order valence-corrected chi connectivity index (χ2v) is 7.02. The van der Waals surface area contributed by atoms with Crippen LogP contribution in [0.25, 0.3) is 6.08 Å². The minimum absolute atomic E-state index is 0.0202. The van der Waals surface area contributed by atoms with Crippen molar-refractivity contribution in [1.29, 1.82) is 0 Å². The van der Waals surface area contributed by atoms with E-state index in [1.165, 1.54) is 12.1 Å². The molecule has 0 aliphatic carbocycles. The van der Waals surface area contributed by atoms with E-state index in [0.29, 0.717) is 0 Å². The van der Waals surface area contributed by atoms with E-state index in [9.17, 15) is 4.39 Å². The van der Waals surface area contributed by atoms with Gasteiger partial charge >= 0.3 is 0 Å². The Kier molecular flexibility index (Phi) is 5.80. The summed E-state index contributed by atoms with van der Waals surface area (Å²) < 4.78 is 24.3. The van der Waals surface area contributed by atoms with Crippen LogP contribution in [0, 0.1) is 5.82 Å². The standard InChI is InChI=1S/C25H23FN2O2/c1-29-23-12-7-18(8-13-23)6-11-21-17-25(19-9-14-24(30-2)15-10-19)28(27-21)22-5-3-4-20(26)16-22/h3-16,25H,17H2,1-2H3/b11-6+/t25-/m0/s1. The molecule has 1 heterocycles. The summed E-state index contributed by atoms with van der Waals surface area (Å²) in [5.41, 5.74) is 3.81. The Morgan fingerprint density at radius 2 is 1.57 bits per heavy atom. The molecule has 1 aliphatic heterocycles. The second kappa shape index (κ2) is 8.82. The zero-order valence-corrected chi connectivity index (χ0v) is 17.0. The molecule has 0 amide bonds. The minimum Gasteiger partial charge on any atom is -0.497 e. The highest BCUT2D eigenvalue weighted by Crippen LogP contribution is 2.36. The Hall–Kier alpha value is -3.60. The SMILES string of the molecule is COc1ccc(/C=C/C2=NN(c3cccc(F)c3)[C@H](c3ccc(OC)cc3)C2)cc1. The van der Waals surface area contributed by atoms with Gasteiger partial charge in [-0.1, -0.05) is 36.4 Å². The summed E-state index contributed by atoms with van der Waals surface area (Å²) in [7, 11) is 3.30. The highest BCUT2D eigenvalue weighted by Gasteiger charge is 2.28. The van der Waals surface area contributed by atoms with E-state index < -0.39 is 0 Å². The van der Waals surface area contributed by atoms with Gasteiger partial charge in [0.25, 0.3) is 0 Å². The van der Waals surface area contributed by atoms with Crippen molar-refractivity contribution >= 4 is 17.5 Å². The highest BCUT2D eigenvalue weighted by molar-refractivity contribution is 6.01. The Bertz CT molecular complexity index is 1060. The maximum Gasteiger partial charge on any atom is 0.125 e. The van der Waals surface area contributed by atoms with Crippen molar-refractivity contribution in [3.8, 4) is 11.5 Å². The third-order valence-corrected chi connectivity index (χ3v) is 5.09. The van der Waals surface area contributed by atoms with E-state index in [1.54, 1.807) is 20.3 Å². The lowest BCUT2D eigenvalue weighted by Crippen LogP contribution is -2.18. The number of ether oxygens (including phenoxy) is 2. The summed E-state index contributed by atoms with van der Waals surface area (Å²) in [6.45, 7) is 0. The number of nitrogens with zero attached hydrogens (tertiary/aromatic N) is 2. The summed E-state index contributed by atoms with van der Waals surface area (Å²) in [5, 5.41) is 6.68. The molecule has 5 heteroatoms. The highest BCUT2D eigenvalue weighted by atomic mass is 19.1. The Morgan fingerprint density at radius 3 is 2.20 bits per heavy atom. The minimum atomic E-state index is -0.279.